The molecule has 3 rings (SSSR count). The predicted molar refractivity (Wildman–Crippen MR) is 106 cm³/mol. The maximum atomic E-state index is 12.7. The molecule has 0 bridgehead atoms. The summed E-state index contributed by atoms with van der Waals surface area (Å²) in [5.41, 5.74) is 2.15. The second-order valence-electron chi connectivity index (χ2n) is 6.04. The van der Waals surface area contributed by atoms with E-state index in [-0.39, 0.29) is 11.6 Å². The largest absolute Gasteiger partial charge is 0.337 e. The molecule has 0 saturated heterocycles. The number of carbonyl (C=O) groups is 2. The van der Waals surface area contributed by atoms with Crippen LogP contribution in [0.3, 0.4) is 0 Å². The van der Waals surface area contributed by atoms with Crippen molar-refractivity contribution in [3.63, 3.8) is 0 Å². The lowest BCUT2D eigenvalue weighted by Gasteiger charge is -2.17. The molecule has 0 aliphatic heterocycles. The first-order valence-electron chi connectivity index (χ1n) is 8.35. The molecule has 0 fully saturated rings. The van der Waals surface area contributed by atoms with Crippen molar-refractivity contribution in [3.8, 4) is 0 Å². The van der Waals surface area contributed by atoms with E-state index >= 15 is 0 Å². The zero-order valence-corrected chi connectivity index (χ0v) is 15.5. The van der Waals surface area contributed by atoms with Gasteiger partial charge < -0.3 is 10.2 Å². The molecule has 0 spiro atoms. The summed E-state index contributed by atoms with van der Waals surface area (Å²) in [4.78, 5) is 30.8. The van der Waals surface area contributed by atoms with Crippen LogP contribution in [0.25, 0.3) is 0 Å². The maximum Gasteiger partial charge on any atom is 0.274 e. The number of anilines is 1. The van der Waals surface area contributed by atoms with Crippen LogP contribution in [0.2, 0.25) is 5.02 Å². The van der Waals surface area contributed by atoms with Crippen LogP contribution in [0, 0.1) is 0 Å². The molecule has 2 aromatic carbocycles. The van der Waals surface area contributed by atoms with E-state index in [1.165, 1.54) is 12.3 Å². The van der Waals surface area contributed by atoms with Gasteiger partial charge in [-0.1, -0.05) is 48.0 Å². The summed E-state index contributed by atoms with van der Waals surface area (Å²) < 4.78 is 0. The van der Waals surface area contributed by atoms with E-state index in [1.807, 2.05) is 30.3 Å². The van der Waals surface area contributed by atoms with Crippen molar-refractivity contribution >= 4 is 29.1 Å². The molecular weight excluding hydrogens is 362 g/mol. The van der Waals surface area contributed by atoms with Crippen molar-refractivity contribution in [2.24, 2.45) is 0 Å². The highest BCUT2D eigenvalue weighted by molar-refractivity contribution is 6.30. The van der Waals surface area contributed by atoms with Gasteiger partial charge in [-0.2, -0.15) is 0 Å². The second-order valence-corrected chi connectivity index (χ2v) is 6.48. The fraction of sp³-hybridized carbons (Fsp3) is 0.0952. The first-order chi connectivity index (χ1) is 13.0. The fourth-order valence-electron chi connectivity index (χ4n) is 2.60. The normalized spacial score (nSPS) is 10.3. The standard InChI is InChI=1S/C21H18ClN3O2/c1-25(14-15-6-3-2-4-7-15)21(27)16-10-11-23-19(12-16)20(26)24-18-9-5-8-17(22)13-18/h2-13H,14H2,1H3,(H,24,26). The number of benzene rings is 2. The van der Waals surface area contributed by atoms with Crippen molar-refractivity contribution in [1.29, 1.82) is 0 Å². The van der Waals surface area contributed by atoms with Crippen molar-refractivity contribution in [2.45, 2.75) is 6.54 Å². The van der Waals surface area contributed by atoms with Gasteiger partial charge >= 0.3 is 0 Å². The van der Waals surface area contributed by atoms with Gasteiger partial charge in [-0.15, -0.1) is 0 Å². The third kappa shape index (κ3) is 4.92. The molecular formula is C21H18ClN3O2. The lowest BCUT2D eigenvalue weighted by molar-refractivity contribution is 0.0785. The number of carbonyl (C=O) groups excluding carboxylic acids is 2. The molecule has 0 aliphatic rings. The zero-order valence-electron chi connectivity index (χ0n) is 14.7. The van der Waals surface area contributed by atoms with Gasteiger partial charge in [0.2, 0.25) is 0 Å². The Balaban J connectivity index is 1.72. The van der Waals surface area contributed by atoms with Crippen LogP contribution in [0.5, 0.6) is 0 Å². The number of halogens is 1. The molecule has 2 amide bonds. The molecule has 1 aromatic heterocycles. The number of nitrogens with zero attached hydrogens (tertiary/aromatic N) is 2. The molecule has 136 valence electrons. The Kier molecular flexibility index (Phi) is 5.84. The van der Waals surface area contributed by atoms with Crippen LogP contribution >= 0.6 is 11.6 Å². The van der Waals surface area contributed by atoms with Crippen LogP contribution in [0.15, 0.2) is 72.9 Å². The third-order valence-corrected chi connectivity index (χ3v) is 4.17. The molecule has 0 aliphatic carbocycles. The zero-order chi connectivity index (χ0) is 19.2. The minimum Gasteiger partial charge on any atom is -0.337 e. The fourth-order valence-corrected chi connectivity index (χ4v) is 2.79. The van der Waals surface area contributed by atoms with Gasteiger partial charge in [0.25, 0.3) is 11.8 Å². The Morgan fingerprint density at radius 2 is 1.81 bits per heavy atom. The summed E-state index contributed by atoms with van der Waals surface area (Å²) in [7, 11) is 1.72. The van der Waals surface area contributed by atoms with Gasteiger partial charge in [0.15, 0.2) is 0 Å². The average Bonchev–Trinajstić information content (AvgIpc) is 2.68. The van der Waals surface area contributed by atoms with E-state index in [0.717, 1.165) is 5.56 Å². The van der Waals surface area contributed by atoms with Crippen molar-refractivity contribution in [2.75, 3.05) is 12.4 Å². The summed E-state index contributed by atoms with van der Waals surface area (Å²) in [5, 5.41) is 3.24. The first-order valence-corrected chi connectivity index (χ1v) is 8.73. The Bertz CT molecular complexity index is 960. The van der Waals surface area contributed by atoms with Crippen molar-refractivity contribution in [3.05, 3.63) is 94.8 Å². The minimum atomic E-state index is -0.405. The summed E-state index contributed by atoms with van der Waals surface area (Å²) in [5.74, 6) is -0.587. The van der Waals surface area contributed by atoms with Crippen LogP contribution < -0.4 is 5.32 Å². The van der Waals surface area contributed by atoms with Crippen molar-refractivity contribution < 1.29 is 9.59 Å². The Morgan fingerprint density at radius 1 is 1.04 bits per heavy atom. The molecule has 1 heterocycles. The number of aromatic nitrogens is 1. The monoisotopic (exact) mass is 379 g/mol. The van der Waals surface area contributed by atoms with E-state index in [9.17, 15) is 9.59 Å². The van der Waals surface area contributed by atoms with Crippen LogP contribution in [-0.2, 0) is 6.54 Å². The first kappa shape index (κ1) is 18.6. The molecule has 0 radical (unpaired) electrons. The Morgan fingerprint density at radius 3 is 2.56 bits per heavy atom. The summed E-state index contributed by atoms with van der Waals surface area (Å²) in [6.45, 7) is 0.478. The van der Waals surface area contributed by atoms with Gasteiger partial charge in [0.1, 0.15) is 5.69 Å². The summed E-state index contributed by atoms with van der Waals surface area (Å²) in [6, 6.07) is 19.6. The quantitative estimate of drug-likeness (QED) is 0.720. The Hall–Kier alpha value is -3.18. The lowest BCUT2D eigenvalue weighted by atomic mass is 10.1. The molecule has 0 saturated carbocycles. The summed E-state index contributed by atoms with van der Waals surface area (Å²) >= 11 is 5.93. The van der Waals surface area contributed by atoms with Gasteiger partial charge in [0, 0.05) is 36.1 Å². The number of amides is 2. The topological polar surface area (TPSA) is 62.3 Å². The van der Waals surface area contributed by atoms with E-state index in [4.69, 9.17) is 11.6 Å². The van der Waals surface area contributed by atoms with Gasteiger partial charge in [0.05, 0.1) is 0 Å². The average molecular weight is 380 g/mol. The SMILES string of the molecule is CN(Cc1ccccc1)C(=O)c1ccnc(C(=O)Nc2cccc(Cl)c2)c1. The molecule has 0 unspecified atom stereocenters. The number of nitrogens with one attached hydrogen (secondary N) is 1. The van der Waals surface area contributed by atoms with Gasteiger partial charge in [-0.3, -0.25) is 14.6 Å². The molecule has 0 atom stereocenters. The van der Waals surface area contributed by atoms with E-state index in [1.54, 1.807) is 42.3 Å². The van der Waals surface area contributed by atoms with Gasteiger partial charge in [-0.05, 0) is 35.9 Å². The summed E-state index contributed by atoms with van der Waals surface area (Å²) in [6.07, 6.45) is 1.45. The highest BCUT2D eigenvalue weighted by atomic mass is 35.5. The lowest BCUT2D eigenvalue weighted by Crippen LogP contribution is -2.26. The molecule has 1 N–H and O–H groups in total. The van der Waals surface area contributed by atoms with Crippen molar-refractivity contribution in [1.82, 2.24) is 9.88 Å². The Labute approximate surface area is 162 Å². The van der Waals surface area contributed by atoms with Crippen LogP contribution in [-0.4, -0.2) is 28.7 Å². The number of rotatable bonds is 5. The van der Waals surface area contributed by atoms with Crippen LogP contribution in [0.4, 0.5) is 5.69 Å². The predicted octanol–water partition coefficient (Wildman–Crippen LogP) is 4.26. The number of hydrogen-bond donors (Lipinski definition) is 1. The highest BCUT2D eigenvalue weighted by Gasteiger charge is 2.15. The smallest absolute Gasteiger partial charge is 0.274 e. The van der Waals surface area contributed by atoms with E-state index in [2.05, 4.69) is 10.3 Å². The van der Waals surface area contributed by atoms with E-state index < -0.39 is 5.91 Å². The minimum absolute atomic E-state index is 0.161. The molecule has 3 aromatic rings. The van der Waals surface area contributed by atoms with Gasteiger partial charge in [-0.25, -0.2) is 0 Å². The maximum absolute atomic E-state index is 12.7. The van der Waals surface area contributed by atoms with E-state index in [0.29, 0.717) is 22.8 Å². The number of pyridine rings is 1. The molecule has 27 heavy (non-hydrogen) atoms. The third-order valence-electron chi connectivity index (χ3n) is 3.93. The second kappa shape index (κ2) is 8.47. The van der Waals surface area contributed by atoms with Crippen LogP contribution in [0.1, 0.15) is 26.4 Å². The number of hydrogen-bond acceptors (Lipinski definition) is 3. The highest BCUT2D eigenvalue weighted by Crippen LogP contribution is 2.16. The molecule has 6 heteroatoms. The molecule has 5 nitrogen and oxygen atoms in total.